The molecule has 6 aliphatic carbocycles. The maximum atomic E-state index is 3.65. The molecule has 11 heteroatoms. The van der Waals surface area contributed by atoms with Crippen molar-refractivity contribution in [1.82, 2.24) is 26.7 Å². The Balaban J connectivity index is 0.000000102. The monoisotopic (exact) mass is 1850 g/mol. The van der Waals surface area contributed by atoms with Gasteiger partial charge in [0.1, 0.15) is 0 Å². The molecule has 131 heavy (non-hydrogen) atoms. The molecule has 0 N–H and O–H groups in total. The van der Waals surface area contributed by atoms with Gasteiger partial charge in [-0.1, -0.05) is 344 Å². The number of hydrogen-bond donors (Lipinski definition) is 0. The summed E-state index contributed by atoms with van der Waals surface area (Å²) in [5, 5.41) is 8.66. The average molecular weight is 1850 g/mol. The number of halogens is 1. The molecule has 6 aromatic heterocycles. The van der Waals surface area contributed by atoms with Crippen molar-refractivity contribution in [3.63, 3.8) is 0 Å². The quantitative estimate of drug-likeness (QED) is 0.149. The lowest BCUT2D eigenvalue weighted by Crippen LogP contribution is -2.32. The van der Waals surface area contributed by atoms with Crippen molar-refractivity contribution in [3.8, 4) is 67.5 Å². The fourth-order valence-corrected chi connectivity index (χ4v) is 29.0. The highest BCUT2D eigenvalue weighted by atomic mass is 79.9. The lowest BCUT2D eigenvalue weighted by molar-refractivity contribution is 0.591. The molecule has 666 valence electrons. The SMILES string of the molecule is CC(C)(C)c1ccc2c(c1)c1c(n2C[Si](C)(C)C)-c2ccccc2C1.CC(C)(C)c1ccc2c(c1)c1c(n2[Si](C)(C)C)-c2ccccc2C1.C[Si](C)(C)Cn1c2c(c3cc(Br)ccc31)Cc1ccccc1-2.Cc1ccc2c(c1)c1c(n2C)-c2ccccc2C1.Cc1ccc2c(c1)c1c(n2[Si](C)(C)C)-c2ccccc2C1.Cn1c2c(c3cc(C(C)(C)C)ccc31)Cc1ccccc1-2. The molecule has 0 radical (unpaired) electrons. The minimum atomic E-state index is -1.52. The first-order valence-corrected chi connectivity index (χ1v) is 63.0. The molecule has 0 amide bonds. The molecule has 6 nitrogen and oxygen atoms in total. The van der Waals surface area contributed by atoms with Gasteiger partial charge >= 0.3 is 0 Å². The van der Waals surface area contributed by atoms with Crippen LogP contribution in [0.25, 0.3) is 133 Å². The fourth-order valence-electron chi connectivity index (χ4n) is 22.4. The van der Waals surface area contributed by atoms with Crippen LogP contribution in [0.2, 0.25) is 78.6 Å². The molecular formula is C120H133BrN6Si4. The van der Waals surface area contributed by atoms with Gasteiger partial charge in [-0.25, -0.2) is 0 Å². The second-order valence-corrected chi connectivity index (χ2v) is 67.4. The van der Waals surface area contributed by atoms with E-state index in [4.69, 9.17) is 0 Å². The molecule has 0 saturated heterocycles. The Morgan fingerprint density at radius 1 is 0.260 bits per heavy atom. The van der Waals surface area contributed by atoms with Crippen molar-refractivity contribution in [2.45, 2.75) is 222 Å². The Hall–Kier alpha value is -10.8. The fraction of sp³-hybridized carbons (Fsp3) is 0.300. The van der Waals surface area contributed by atoms with Crippen LogP contribution in [0.5, 0.6) is 0 Å². The zero-order chi connectivity index (χ0) is 92.6. The van der Waals surface area contributed by atoms with Gasteiger partial charge in [0, 0.05) is 180 Å². The smallest absolute Gasteiger partial charge is 0.153 e. The molecule has 24 rings (SSSR count). The van der Waals surface area contributed by atoms with Gasteiger partial charge in [-0.2, -0.15) is 0 Å². The van der Waals surface area contributed by atoms with E-state index in [-0.39, 0.29) is 16.2 Å². The van der Waals surface area contributed by atoms with Gasteiger partial charge < -0.3 is 26.7 Å². The molecule has 0 atom stereocenters. The van der Waals surface area contributed by atoms with Crippen LogP contribution >= 0.6 is 15.9 Å². The normalized spacial score (nSPS) is 13.6. The minimum Gasteiger partial charge on any atom is -0.368 e. The number of fused-ring (bicyclic) bond motifs is 30. The molecule has 0 unspecified atom stereocenters. The summed E-state index contributed by atoms with van der Waals surface area (Å²) in [6.07, 6.45) is 8.81. The van der Waals surface area contributed by atoms with Gasteiger partial charge in [-0.3, -0.25) is 0 Å². The third kappa shape index (κ3) is 16.3. The highest BCUT2D eigenvalue weighted by molar-refractivity contribution is 9.10. The Labute approximate surface area is 791 Å². The summed E-state index contributed by atoms with van der Waals surface area (Å²) >= 11 is 3.65. The van der Waals surface area contributed by atoms with Crippen molar-refractivity contribution >= 4 is 114 Å². The maximum Gasteiger partial charge on any atom is 0.153 e. The van der Waals surface area contributed by atoms with Gasteiger partial charge in [0.2, 0.25) is 0 Å². The largest absolute Gasteiger partial charge is 0.368 e. The van der Waals surface area contributed by atoms with E-state index in [0.29, 0.717) is 0 Å². The van der Waals surface area contributed by atoms with E-state index >= 15 is 0 Å². The molecule has 0 spiro atoms. The van der Waals surface area contributed by atoms with Crippen LogP contribution in [-0.2, 0) is 81.2 Å². The molecule has 0 aliphatic heterocycles. The van der Waals surface area contributed by atoms with E-state index in [0.717, 1.165) is 38.5 Å². The number of hydrogen-bond acceptors (Lipinski definition) is 0. The van der Waals surface area contributed by atoms with Crippen LogP contribution in [0.15, 0.2) is 259 Å². The number of nitrogens with zero attached hydrogens (tertiary/aromatic N) is 6. The molecule has 6 heterocycles. The van der Waals surface area contributed by atoms with Crippen molar-refractivity contribution in [1.29, 1.82) is 0 Å². The van der Waals surface area contributed by atoms with Crippen molar-refractivity contribution < 1.29 is 0 Å². The van der Waals surface area contributed by atoms with Crippen molar-refractivity contribution in [3.05, 3.63) is 354 Å². The van der Waals surface area contributed by atoms with E-state index in [1.807, 2.05) is 0 Å². The van der Waals surface area contributed by atoms with Crippen LogP contribution in [0.4, 0.5) is 0 Å². The molecule has 18 aromatic rings. The van der Waals surface area contributed by atoms with Crippen LogP contribution in [-0.4, -0.2) is 59.4 Å². The minimum absolute atomic E-state index is 0.188. The summed E-state index contributed by atoms with van der Waals surface area (Å²) in [7, 11) is -1.05. The Morgan fingerprint density at radius 3 is 0.824 bits per heavy atom. The lowest BCUT2D eigenvalue weighted by Gasteiger charge is -2.24. The van der Waals surface area contributed by atoms with E-state index in [1.165, 1.54) is 233 Å². The third-order valence-corrected chi connectivity index (χ3v) is 35.0. The summed E-state index contributed by atoms with van der Waals surface area (Å²) in [6.45, 7) is 54.5. The zero-order valence-electron chi connectivity index (χ0n) is 82.5. The molecule has 0 fully saturated rings. The van der Waals surface area contributed by atoms with Gasteiger partial charge in [-0.05, 0) is 192 Å². The average Bonchev–Trinajstić information content (AvgIpc) is 1.57. The third-order valence-electron chi connectivity index (χ3n) is 28.4. The van der Waals surface area contributed by atoms with Gasteiger partial charge in [-0.15, -0.1) is 0 Å². The number of rotatable bonds is 6. The molecule has 0 bridgehead atoms. The first-order chi connectivity index (χ1) is 61.9. The number of benzene rings is 12. The van der Waals surface area contributed by atoms with Crippen LogP contribution in [0.1, 0.15) is 157 Å². The summed E-state index contributed by atoms with van der Waals surface area (Å²) in [5.41, 5.74) is 51.2. The van der Waals surface area contributed by atoms with Crippen molar-refractivity contribution in [2.75, 3.05) is 0 Å². The van der Waals surface area contributed by atoms with Gasteiger partial charge in [0.05, 0.1) is 38.9 Å². The predicted octanol–water partition coefficient (Wildman–Crippen LogP) is 32.7. The lowest BCUT2D eigenvalue weighted by atomic mass is 9.86. The molecule has 12 aromatic carbocycles. The first-order valence-electron chi connectivity index (χ1n) is 47.9. The summed E-state index contributed by atoms with van der Waals surface area (Å²) < 4.78 is 16.5. The number of aryl methyl sites for hydroxylation is 4. The number of aromatic nitrogens is 6. The predicted molar refractivity (Wildman–Crippen MR) is 580 cm³/mol. The molecule has 6 aliphatic rings. The van der Waals surface area contributed by atoms with E-state index in [1.54, 1.807) is 11.1 Å². The van der Waals surface area contributed by atoms with Gasteiger partial charge in [0.25, 0.3) is 0 Å². The zero-order valence-corrected chi connectivity index (χ0v) is 88.1. The van der Waals surface area contributed by atoms with Crippen LogP contribution < -0.4 is 0 Å². The Bertz CT molecular complexity index is 7630. The second-order valence-electron chi connectivity index (χ2n) is 46.0. The summed E-state index contributed by atoms with van der Waals surface area (Å²) in [6, 6.07) is 95.0. The van der Waals surface area contributed by atoms with E-state index < -0.39 is 32.6 Å². The highest BCUT2D eigenvalue weighted by Gasteiger charge is 2.38. The molecule has 0 saturated carbocycles. The van der Waals surface area contributed by atoms with E-state index in [2.05, 4.69) is 466 Å². The van der Waals surface area contributed by atoms with Crippen LogP contribution in [0.3, 0.4) is 0 Å². The summed E-state index contributed by atoms with van der Waals surface area (Å²) in [4.78, 5) is 0. The van der Waals surface area contributed by atoms with Crippen LogP contribution in [0, 0.1) is 13.8 Å². The Kier molecular flexibility index (Phi) is 22.4. The molecular weight excluding hydrogens is 1720 g/mol. The highest BCUT2D eigenvalue weighted by Crippen LogP contribution is 2.52. The Morgan fingerprint density at radius 2 is 0.496 bits per heavy atom. The van der Waals surface area contributed by atoms with Crippen molar-refractivity contribution in [2.24, 2.45) is 14.1 Å². The topological polar surface area (TPSA) is 29.6 Å². The summed E-state index contributed by atoms with van der Waals surface area (Å²) in [5.74, 6) is 0. The maximum absolute atomic E-state index is 3.65. The standard InChI is InChI=1S/C23H29NSi.C22H27NSi.C20H21N.C19H20BrNSi.C19H21NSi.C17H15N/c1-23(2,3)17-11-12-21-19(14-17)20-13-16-9-7-8-10-18(16)22(20)24(21)15-25(4,5)6;1-22(2,3)16-11-12-20-18(14-16)19-13-15-9-7-8-10-17(15)21(19)23(20)24(4,5)6;1-20(2,3)14-9-10-18-16(12-14)17-11-13-7-5-6-8-15(13)19(17)21(18)4;1-22(2,3)12-21-18-9-8-14(20)11-16(18)17-10-13-6-4-5-7-15(13)19(17)21;1-13-9-10-18-16(11-13)17-12-14-7-5-6-8-15(14)19(17)20(18)21(2,3)4;1-11-7-8-16-14(9-11)15-10-12-5-3-4-6-13(12)17(15)18(16)2/h7-12,14H,13,15H2,1-6H3;7-12,14H,13H2,1-6H3;5-10,12H,11H2,1-4H3;4-9,11H,10,12H2,1-3H3;5-11H,12H2,1-4H3;3-9H,10H2,1-2H3. The first kappa shape index (κ1) is 89.4. The van der Waals surface area contributed by atoms with E-state index in [9.17, 15) is 0 Å². The van der Waals surface area contributed by atoms with Gasteiger partial charge in [0.15, 0.2) is 16.5 Å². The second kappa shape index (κ2) is 32.9.